The Labute approximate surface area is 337 Å². The molecule has 14 heteroatoms. The van der Waals surface area contributed by atoms with E-state index < -0.39 is 53.9 Å². The van der Waals surface area contributed by atoms with E-state index in [1.807, 2.05) is 43.3 Å². The maximum Gasteiger partial charge on any atom is 1.00 e. The normalized spacial score (nSPS) is 17.3. The topological polar surface area (TPSA) is 169 Å². The molecule has 3 aliphatic rings. The first-order valence-corrected chi connectivity index (χ1v) is 18.1. The van der Waals surface area contributed by atoms with Crippen LogP contribution in [0.25, 0.3) is 0 Å². The first kappa shape index (κ1) is 40.6. The number of ether oxygens (including phenoxy) is 2. The molecule has 2 atom stereocenters. The summed E-state index contributed by atoms with van der Waals surface area (Å²) in [5, 5.41) is 20.4. The van der Waals surface area contributed by atoms with Crippen LogP contribution in [0.4, 0.5) is 21.0 Å². The van der Waals surface area contributed by atoms with E-state index in [4.69, 9.17) is 9.47 Å². The van der Waals surface area contributed by atoms with Crippen LogP contribution in [0.2, 0.25) is 0 Å². The molecule has 280 valence electrons. The number of para-hydroxylation sites is 1. The molecule has 3 N–H and O–H groups in total. The van der Waals surface area contributed by atoms with E-state index in [2.05, 4.69) is 16.0 Å². The number of nitrogens with zero attached hydrogens (tertiary/aromatic N) is 2. The van der Waals surface area contributed by atoms with Gasteiger partial charge in [0.1, 0.15) is 23.1 Å². The second kappa shape index (κ2) is 17.7. The van der Waals surface area contributed by atoms with Crippen LogP contribution in [0.1, 0.15) is 80.5 Å². The van der Waals surface area contributed by atoms with E-state index >= 15 is 0 Å². The molecule has 0 bridgehead atoms. The molecule has 1 heterocycles. The predicted molar refractivity (Wildman–Crippen MR) is 195 cm³/mol. The van der Waals surface area contributed by atoms with Crippen molar-refractivity contribution in [2.45, 2.75) is 88.9 Å². The van der Waals surface area contributed by atoms with Crippen LogP contribution < -0.4 is 60.1 Å². The van der Waals surface area contributed by atoms with Crippen LogP contribution in [0.3, 0.4) is 0 Å². The first-order chi connectivity index (χ1) is 25.5. The quantitative estimate of drug-likeness (QED) is 0.167. The van der Waals surface area contributed by atoms with Crippen LogP contribution in [0.15, 0.2) is 66.7 Å². The van der Waals surface area contributed by atoms with Gasteiger partial charge in [-0.05, 0) is 73.6 Å². The molecular weight excluding hydrogens is 701 g/mol. The van der Waals surface area contributed by atoms with Crippen molar-refractivity contribution in [1.29, 1.82) is 0 Å². The largest absolute Gasteiger partial charge is 1.00 e. The van der Waals surface area contributed by atoms with Gasteiger partial charge in [0.15, 0.2) is 0 Å². The molecule has 0 aromatic heterocycles. The van der Waals surface area contributed by atoms with Crippen molar-refractivity contribution in [1.82, 2.24) is 15.1 Å². The Morgan fingerprint density at radius 2 is 1.63 bits per heavy atom. The number of anilines is 2. The molecule has 0 radical (unpaired) electrons. The molecule has 2 unspecified atom stereocenters. The Kier molecular flexibility index (Phi) is 13.3. The van der Waals surface area contributed by atoms with Gasteiger partial charge in [-0.2, -0.15) is 0 Å². The van der Waals surface area contributed by atoms with Crippen molar-refractivity contribution in [3.63, 3.8) is 0 Å². The van der Waals surface area contributed by atoms with Gasteiger partial charge in [-0.15, -0.1) is 0 Å². The fraction of sp³-hybridized carbons (Fsp3) is 0.425. The monoisotopic (exact) mass is 747 g/mol. The molecule has 2 saturated carbocycles. The van der Waals surface area contributed by atoms with Gasteiger partial charge in [-0.3, -0.25) is 9.59 Å². The summed E-state index contributed by atoms with van der Waals surface area (Å²) < 4.78 is 10.8. The van der Waals surface area contributed by atoms with E-state index in [1.54, 1.807) is 35.2 Å². The van der Waals surface area contributed by atoms with Gasteiger partial charge < -0.3 is 40.2 Å². The molecule has 1 spiro atoms. The molecular formula is C40H46N5NaO8. The zero-order chi connectivity index (χ0) is 37.7. The second-order valence-electron chi connectivity index (χ2n) is 14.2. The van der Waals surface area contributed by atoms with Crippen LogP contribution in [0.5, 0.6) is 11.5 Å². The number of rotatable bonds is 14. The van der Waals surface area contributed by atoms with E-state index in [9.17, 15) is 29.1 Å². The Hall–Kier alpha value is -4.59. The summed E-state index contributed by atoms with van der Waals surface area (Å²) in [7, 11) is 2.92. The second-order valence-corrected chi connectivity index (χ2v) is 14.2. The number of urea groups is 2. The molecule has 6 rings (SSSR count). The van der Waals surface area contributed by atoms with Crippen LogP contribution >= 0.6 is 0 Å². The smallest absolute Gasteiger partial charge is 0.550 e. The third-order valence-corrected chi connectivity index (χ3v) is 10.6. The summed E-state index contributed by atoms with van der Waals surface area (Å²) >= 11 is 0. The van der Waals surface area contributed by atoms with Crippen molar-refractivity contribution >= 4 is 41.2 Å². The Morgan fingerprint density at radius 1 is 0.926 bits per heavy atom. The molecule has 3 aromatic carbocycles. The summed E-state index contributed by atoms with van der Waals surface area (Å²) in [4.78, 5) is 70.7. The standard InChI is InChI=1S/C40H47N5O8.Na/c1-25-9-5-6-10-31(25)43-38(50)41-28-15-13-27(14-16-28)24-44-39(51)45(37(49)40(44)19-7-4-8-20-40)33(21-26-11-12-26)36(48)42-32(23-35(46)47)30-18-17-29(52-2)22-34(30)53-3;/h5-6,9-10,13-18,22,26,32-33H,4,7-8,11-12,19-21,23-24H2,1-3H3,(H,42,48)(H,46,47)(H2,41,43,50);/q;+1/p-1. The van der Waals surface area contributed by atoms with Gasteiger partial charge in [0, 0.05) is 41.9 Å². The fourth-order valence-electron chi connectivity index (χ4n) is 7.51. The van der Waals surface area contributed by atoms with Crippen molar-refractivity contribution in [3.05, 3.63) is 83.4 Å². The molecule has 6 amide bonds. The van der Waals surface area contributed by atoms with Gasteiger partial charge in [-0.25, -0.2) is 14.5 Å². The van der Waals surface area contributed by atoms with Crippen LogP contribution in [0, 0.1) is 12.8 Å². The summed E-state index contributed by atoms with van der Waals surface area (Å²) in [6, 6.07) is 16.3. The minimum absolute atomic E-state index is 0. The Morgan fingerprint density at radius 3 is 2.26 bits per heavy atom. The third-order valence-electron chi connectivity index (χ3n) is 10.6. The number of carbonyl (C=O) groups is 5. The number of nitrogens with one attached hydrogen (secondary N) is 3. The molecule has 3 aromatic rings. The number of methoxy groups -OCH3 is 2. The number of benzene rings is 3. The SMILES string of the molecule is COc1ccc(C(CC(=O)[O-])NC(=O)C(CC2CC2)N2C(=O)N(Cc3ccc(NC(=O)Nc4ccccc4C)cc3)C3(CCCCC3)C2=O)c(OC)c1.[Na+]. The van der Waals surface area contributed by atoms with Crippen molar-refractivity contribution in [2.24, 2.45) is 5.92 Å². The number of amides is 6. The van der Waals surface area contributed by atoms with Crippen LogP contribution in [-0.2, 0) is 20.9 Å². The molecule has 54 heavy (non-hydrogen) atoms. The predicted octanol–water partition coefficient (Wildman–Crippen LogP) is 2.29. The number of aliphatic carboxylic acids is 1. The number of hydrogen-bond donors (Lipinski definition) is 3. The zero-order valence-corrected chi connectivity index (χ0v) is 33.3. The van der Waals surface area contributed by atoms with Crippen molar-refractivity contribution in [3.8, 4) is 11.5 Å². The van der Waals surface area contributed by atoms with Gasteiger partial charge in [0.25, 0.3) is 5.91 Å². The molecule has 1 aliphatic heterocycles. The van der Waals surface area contributed by atoms with Gasteiger partial charge >= 0.3 is 41.6 Å². The number of carboxylic acids is 1. The molecule has 3 fully saturated rings. The molecule has 2 aliphatic carbocycles. The van der Waals surface area contributed by atoms with E-state index in [-0.39, 0.29) is 48.4 Å². The fourth-order valence-corrected chi connectivity index (χ4v) is 7.51. The zero-order valence-electron chi connectivity index (χ0n) is 31.3. The number of carboxylic acid groups (broad SMARTS) is 1. The van der Waals surface area contributed by atoms with E-state index in [0.29, 0.717) is 41.3 Å². The number of imide groups is 1. The molecule has 13 nitrogen and oxygen atoms in total. The minimum atomic E-state index is -1.39. The van der Waals surface area contributed by atoms with Gasteiger partial charge in [0.2, 0.25) is 5.91 Å². The minimum Gasteiger partial charge on any atom is -0.550 e. The van der Waals surface area contributed by atoms with Gasteiger partial charge in [-0.1, -0.05) is 62.4 Å². The summed E-state index contributed by atoms with van der Waals surface area (Å²) in [6.07, 6.45) is 4.85. The average Bonchev–Trinajstić information content (AvgIpc) is 3.96. The average molecular weight is 748 g/mol. The van der Waals surface area contributed by atoms with Crippen molar-refractivity contribution in [2.75, 3.05) is 24.9 Å². The third kappa shape index (κ3) is 9.02. The maximum absolute atomic E-state index is 14.6. The molecule has 1 saturated heterocycles. The van der Waals surface area contributed by atoms with E-state index in [1.165, 1.54) is 14.2 Å². The van der Waals surface area contributed by atoms with Crippen LogP contribution in [-0.4, -0.2) is 65.4 Å². The number of carbonyl (C=O) groups excluding carboxylic acids is 5. The Bertz CT molecular complexity index is 1860. The van der Waals surface area contributed by atoms with Crippen molar-refractivity contribution < 1.29 is 68.1 Å². The number of aryl methyl sites for hydroxylation is 1. The van der Waals surface area contributed by atoms with Gasteiger partial charge in [0.05, 0.1) is 20.3 Å². The maximum atomic E-state index is 14.6. The first-order valence-electron chi connectivity index (χ1n) is 18.1. The van der Waals surface area contributed by atoms with E-state index in [0.717, 1.165) is 48.1 Å². The summed E-state index contributed by atoms with van der Waals surface area (Å²) in [5.41, 5.74) is 2.23. The Balaban J connectivity index is 0.00000561. The number of hydrogen-bond acceptors (Lipinski definition) is 8. The summed E-state index contributed by atoms with van der Waals surface area (Å²) in [6.45, 7) is 2.04. The summed E-state index contributed by atoms with van der Waals surface area (Å²) in [5.74, 6) is -1.45.